The molecule has 0 aliphatic carbocycles. The number of nitrogens with zero attached hydrogens (tertiary/aromatic N) is 3. The Morgan fingerprint density at radius 3 is 2.50 bits per heavy atom. The van der Waals surface area contributed by atoms with Crippen LogP contribution < -0.4 is 10.2 Å². The van der Waals surface area contributed by atoms with Crippen LogP contribution in [-0.4, -0.2) is 54.6 Å². The molecule has 28 heavy (non-hydrogen) atoms. The van der Waals surface area contributed by atoms with E-state index in [-0.39, 0.29) is 11.8 Å². The van der Waals surface area contributed by atoms with Crippen LogP contribution in [0.1, 0.15) is 45.6 Å². The molecule has 1 aliphatic heterocycles. The van der Waals surface area contributed by atoms with Crippen molar-refractivity contribution >= 4 is 11.7 Å². The first kappa shape index (κ1) is 22.5. The van der Waals surface area contributed by atoms with Gasteiger partial charge < -0.3 is 15.1 Å². The number of anilines is 1. The topological polar surface area (TPSA) is 48.5 Å². The van der Waals surface area contributed by atoms with Crippen LogP contribution in [0.4, 0.5) is 19.0 Å². The second-order valence-corrected chi connectivity index (χ2v) is 7.57. The van der Waals surface area contributed by atoms with Gasteiger partial charge in [-0.3, -0.25) is 4.79 Å². The second kappa shape index (κ2) is 10.1. The summed E-state index contributed by atoms with van der Waals surface area (Å²) < 4.78 is 38.7. The van der Waals surface area contributed by atoms with Crippen molar-refractivity contribution in [2.75, 3.05) is 37.6 Å². The number of hydrogen-bond donors (Lipinski definition) is 1. The van der Waals surface area contributed by atoms with Crippen LogP contribution in [-0.2, 0) is 11.0 Å². The zero-order chi connectivity index (χ0) is 20.7. The first-order valence-electron chi connectivity index (χ1n) is 10.0. The number of halogens is 3. The second-order valence-electron chi connectivity index (χ2n) is 7.57. The maximum absolute atomic E-state index is 12.9. The normalized spacial score (nSPS) is 16.5. The Bertz CT molecular complexity index is 628. The van der Waals surface area contributed by atoms with Gasteiger partial charge in [0.2, 0.25) is 5.91 Å². The molecule has 1 aromatic heterocycles. The van der Waals surface area contributed by atoms with Crippen molar-refractivity contribution < 1.29 is 18.0 Å². The zero-order valence-electron chi connectivity index (χ0n) is 16.9. The maximum Gasteiger partial charge on any atom is 0.416 e. The summed E-state index contributed by atoms with van der Waals surface area (Å²) in [5.41, 5.74) is -0.697. The van der Waals surface area contributed by atoms with E-state index >= 15 is 0 Å². The molecular formula is C20H31F3N4O. The Hall–Kier alpha value is -1.83. The Labute approximate surface area is 165 Å². The summed E-state index contributed by atoms with van der Waals surface area (Å²) in [7, 11) is 0. The summed E-state index contributed by atoms with van der Waals surface area (Å²) in [6.45, 7) is 9.13. The monoisotopic (exact) mass is 400 g/mol. The third-order valence-electron chi connectivity index (χ3n) is 5.11. The van der Waals surface area contributed by atoms with Crippen molar-refractivity contribution in [2.24, 2.45) is 5.92 Å². The van der Waals surface area contributed by atoms with Crippen LogP contribution >= 0.6 is 0 Å². The van der Waals surface area contributed by atoms with Gasteiger partial charge in [-0.1, -0.05) is 20.8 Å². The highest BCUT2D eigenvalue weighted by Crippen LogP contribution is 2.31. The van der Waals surface area contributed by atoms with E-state index in [2.05, 4.69) is 24.1 Å². The molecule has 158 valence electrons. The number of carbonyl (C=O) groups excluding carboxylic acids is 1. The van der Waals surface area contributed by atoms with E-state index in [1.54, 1.807) is 0 Å². The number of carbonyl (C=O) groups is 1. The Morgan fingerprint density at radius 2 is 1.93 bits per heavy atom. The zero-order valence-corrected chi connectivity index (χ0v) is 16.9. The van der Waals surface area contributed by atoms with Crippen molar-refractivity contribution in [3.05, 3.63) is 23.9 Å². The quantitative estimate of drug-likeness (QED) is 0.678. The fraction of sp³-hybridized carbons (Fsp3) is 0.700. The molecule has 0 spiro atoms. The lowest BCUT2D eigenvalue weighted by Crippen LogP contribution is -2.50. The van der Waals surface area contributed by atoms with Gasteiger partial charge in [0.15, 0.2) is 0 Å². The highest BCUT2D eigenvalue weighted by atomic mass is 19.4. The van der Waals surface area contributed by atoms with Gasteiger partial charge in [-0.25, -0.2) is 4.98 Å². The van der Waals surface area contributed by atoms with Gasteiger partial charge in [-0.2, -0.15) is 13.2 Å². The van der Waals surface area contributed by atoms with Crippen molar-refractivity contribution in [1.82, 2.24) is 15.2 Å². The first-order valence-corrected chi connectivity index (χ1v) is 10.0. The number of hydrogen-bond acceptors (Lipinski definition) is 4. The molecular weight excluding hydrogens is 369 g/mol. The van der Waals surface area contributed by atoms with Crippen LogP contribution in [0.2, 0.25) is 0 Å². The SMILES string of the molecule is CCC(CCCNC(C)C)C(=O)N1CCN(c2cc(C(F)(F)F)ccn2)CC1. The Balaban J connectivity index is 1.87. The summed E-state index contributed by atoms with van der Waals surface area (Å²) in [5.74, 6) is 0.476. The van der Waals surface area contributed by atoms with Crippen LogP contribution in [0, 0.1) is 5.92 Å². The predicted octanol–water partition coefficient (Wildman–Crippen LogP) is 3.55. The summed E-state index contributed by atoms with van der Waals surface area (Å²) >= 11 is 0. The molecule has 1 amide bonds. The van der Waals surface area contributed by atoms with Crippen LogP contribution in [0.3, 0.4) is 0 Å². The Kier molecular flexibility index (Phi) is 8.10. The molecule has 1 atom stereocenters. The lowest BCUT2D eigenvalue weighted by atomic mass is 9.98. The third kappa shape index (κ3) is 6.36. The van der Waals surface area contributed by atoms with Gasteiger partial charge in [0.05, 0.1) is 5.56 Å². The molecule has 2 rings (SSSR count). The summed E-state index contributed by atoms with van der Waals surface area (Å²) in [6.07, 6.45) is -0.584. The Morgan fingerprint density at radius 1 is 1.25 bits per heavy atom. The van der Waals surface area contributed by atoms with Crippen molar-refractivity contribution in [3.63, 3.8) is 0 Å². The van der Waals surface area contributed by atoms with Crippen LogP contribution in [0.5, 0.6) is 0 Å². The average Bonchev–Trinajstić information content (AvgIpc) is 2.67. The summed E-state index contributed by atoms with van der Waals surface area (Å²) in [5, 5.41) is 3.36. The first-order chi connectivity index (χ1) is 13.2. The highest BCUT2D eigenvalue weighted by molar-refractivity contribution is 5.79. The van der Waals surface area contributed by atoms with Crippen molar-refractivity contribution in [2.45, 2.75) is 52.3 Å². The lowest BCUT2D eigenvalue weighted by Gasteiger charge is -2.37. The molecule has 0 bridgehead atoms. The molecule has 1 saturated heterocycles. The molecule has 0 radical (unpaired) electrons. The van der Waals surface area contributed by atoms with Gasteiger partial charge in [0.25, 0.3) is 0 Å². The number of pyridine rings is 1. The molecule has 0 aromatic carbocycles. The number of nitrogens with one attached hydrogen (secondary N) is 1. The number of piperazine rings is 1. The molecule has 1 aliphatic rings. The number of rotatable bonds is 8. The van der Waals surface area contributed by atoms with E-state index in [1.807, 2.05) is 16.7 Å². The van der Waals surface area contributed by atoms with E-state index in [9.17, 15) is 18.0 Å². The molecule has 5 nitrogen and oxygen atoms in total. The average molecular weight is 400 g/mol. The minimum atomic E-state index is -4.38. The van der Waals surface area contributed by atoms with E-state index in [0.29, 0.717) is 38.0 Å². The highest BCUT2D eigenvalue weighted by Gasteiger charge is 2.32. The fourth-order valence-electron chi connectivity index (χ4n) is 3.42. The maximum atomic E-state index is 12.9. The largest absolute Gasteiger partial charge is 0.416 e. The molecule has 1 aromatic rings. The summed E-state index contributed by atoms with van der Waals surface area (Å²) in [4.78, 5) is 20.5. The van der Waals surface area contributed by atoms with Crippen LogP contribution in [0.25, 0.3) is 0 Å². The third-order valence-corrected chi connectivity index (χ3v) is 5.11. The fourth-order valence-corrected chi connectivity index (χ4v) is 3.42. The minimum absolute atomic E-state index is 0.00666. The molecule has 0 saturated carbocycles. The van der Waals surface area contributed by atoms with Gasteiger partial charge in [-0.15, -0.1) is 0 Å². The number of aromatic nitrogens is 1. The predicted molar refractivity (Wildman–Crippen MR) is 104 cm³/mol. The number of alkyl halides is 3. The smallest absolute Gasteiger partial charge is 0.353 e. The van der Waals surface area contributed by atoms with Gasteiger partial charge in [0, 0.05) is 44.3 Å². The van der Waals surface area contributed by atoms with Crippen molar-refractivity contribution in [1.29, 1.82) is 0 Å². The van der Waals surface area contributed by atoms with E-state index in [4.69, 9.17) is 0 Å². The van der Waals surface area contributed by atoms with Gasteiger partial charge in [0.1, 0.15) is 5.82 Å². The van der Waals surface area contributed by atoms with E-state index in [1.165, 1.54) is 6.20 Å². The minimum Gasteiger partial charge on any atom is -0.353 e. The molecule has 1 N–H and O–H groups in total. The van der Waals surface area contributed by atoms with E-state index in [0.717, 1.165) is 37.9 Å². The molecule has 2 heterocycles. The van der Waals surface area contributed by atoms with Crippen LogP contribution in [0.15, 0.2) is 18.3 Å². The van der Waals surface area contributed by atoms with Gasteiger partial charge >= 0.3 is 6.18 Å². The van der Waals surface area contributed by atoms with Gasteiger partial charge in [-0.05, 0) is 37.9 Å². The summed E-state index contributed by atoms with van der Waals surface area (Å²) in [6, 6.07) is 2.49. The number of amides is 1. The molecule has 1 unspecified atom stereocenters. The van der Waals surface area contributed by atoms with E-state index < -0.39 is 11.7 Å². The van der Waals surface area contributed by atoms with Crippen molar-refractivity contribution in [3.8, 4) is 0 Å². The molecule has 8 heteroatoms. The standard InChI is InChI=1S/C20H31F3N4O/c1-4-16(6-5-8-24-15(2)3)19(28)27-12-10-26(11-13-27)18-14-17(7-9-25-18)20(21,22)23/h7,9,14-16,24H,4-6,8,10-13H2,1-3H3. The molecule has 1 fully saturated rings. The lowest BCUT2D eigenvalue weighted by molar-refractivity contribution is -0.137.